The zero-order valence-corrected chi connectivity index (χ0v) is 15.5. The lowest BCUT2D eigenvalue weighted by Gasteiger charge is -2.32. The third kappa shape index (κ3) is 6.46. The summed E-state index contributed by atoms with van der Waals surface area (Å²) >= 11 is 0. The van der Waals surface area contributed by atoms with Gasteiger partial charge in [0.05, 0.1) is 11.5 Å². The fourth-order valence-electron chi connectivity index (χ4n) is 3.11. The maximum absolute atomic E-state index is 12.8. The molecule has 1 aliphatic heterocycles. The molecule has 2 amide bonds. The highest BCUT2D eigenvalue weighted by Crippen LogP contribution is 2.25. The van der Waals surface area contributed by atoms with Crippen LogP contribution in [0.1, 0.15) is 36.5 Å². The van der Waals surface area contributed by atoms with Gasteiger partial charge in [-0.25, -0.2) is 0 Å². The molecule has 0 spiro atoms. The number of carbonyl (C=O) groups is 2. The van der Waals surface area contributed by atoms with Gasteiger partial charge in [0.2, 0.25) is 5.91 Å². The molecule has 1 heterocycles. The van der Waals surface area contributed by atoms with E-state index in [0.717, 1.165) is 13.0 Å². The number of amides is 2. The Morgan fingerprint density at radius 2 is 2.04 bits per heavy atom. The summed E-state index contributed by atoms with van der Waals surface area (Å²) < 4.78 is 29.6. The highest BCUT2D eigenvalue weighted by atomic mass is 19.3. The molecule has 1 aromatic carbocycles. The van der Waals surface area contributed by atoms with Crippen LogP contribution in [0.4, 0.5) is 8.78 Å². The van der Waals surface area contributed by atoms with E-state index < -0.39 is 12.5 Å². The van der Waals surface area contributed by atoms with Crippen LogP contribution in [-0.2, 0) is 4.79 Å². The molecule has 0 bridgehead atoms. The lowest BCUT2D eigenvalue weighted by molar-refractivity contribution is -0.126. The molecule has 6 nitrogen and oxygen atoms in total. The van der Waals surface area contributed by atoms with Crippen molar-refractivity contribution in [2.24, 2.45) is 5.92 Å². The third-order valence-electron chi connectivity index (χ3n) is 4.44. The van der Waals surface area contributed by atoms with Crippen molar-refractivity contribution in [3.05, 3.63) is 29.8 Å². The number of likely N-dealkylation sites (tertiary alicyclic amines) is 1. The Balaban J connectivity index is 1.93. The lowest BCUT2D eigenvalue weighted by atomic mass is 9.96. The van der Waals surface area contributed by atoms with Gasteiger partial charge in [-0.3, -0.25) is 9.59 Å². The van der Waals surface area contributed by atoms with Crippen LogP contribution in [0.2, 0.25) is 0 Å². The number of halogens is 2. The molecule has 2 N–H and O–H groups in total. The van der Waals surface area contributed by atoms with Crippen molar-refractivity contribution in [3.8, 4) is 5.75 Å². The summed E-state index contributed by atoms with van der Waals surface area (Å²) in [5.41, 5.74) is 0.0858. The number of ether oxygens (including phenoxy) is 1. The zero-order valence-electron chi connectivity index (χ0n) is 15.5. The molecule has 0 radical (unpaired) electrons. The van der Waals surface area contributed by atoms with E-state index in [4.69, 9.17) is 0 Å². The van der Waals surface area contributed by atoms with E-state index in [1.165, 1.54) is 23.1 Å². The maximum atomic E-state index is 12.8. The zero-order chi connectivity index (χ0) is 19.6. The van der Waals surface area contributed by atoms with Gasteiger partial charge in [-0.05, 0) is 37.9 Å². The number of piperidine rings is 1. The Kier molecular flexibility index (Phi) is 8.44. The Morgan fingerprint density at radius 3 is 2.78 bits per heavy atom. The molecule has 1 aromatic rings. The van der Waals surface area contributed by atoms with Gasteiger partial charge in [0.1, 0.15) is 5.75 Å². The van der Waals surface area contributed by atoms with Crippen LogP contribution in [0.15, 0.2) is 24.3 Å². The summed E-state index contributed by atoms with van der Waals surface area (Å²) in [6.07, 6.45) is 2.42. The number of carbonyl (C=O) groups excluding carboxylic acids is 2. The smallest absolute Gasteiger partial charge is 0.387 e. The van der Waals surface area contributed by atoms with E-state index in [-0.39, 0.29) is 29.7 Å². The van der Waals surface area contributed by atoms with E-state index in [9.17, 15) is 18.4 Å². The monoisotopic (exact) mass is 383 g/mol. The molecule has 0 saturated carbocycles. The molecule has 1 atom stereocenters. The quantitative estimate of drug-likeness (QED) is 0.642. The van der Waals surface area contributed by atoms with Crippen molar-refractivity contribution in [2.45, 2.75) is 32.8 Å². The van der Waals surface area contributed by atoms with Crippen molar-refractivity contribution < 1.29 is 23.1 Å². The van der Waals surface area contributed by atoms with Gasteiger partial charge in [-0.2, -0.15) is 8.78 Å². The largest absolute Gasteiger partial charge is 0.434 e. The predicted octanol–water partition coefficient (Wildman–Crippen LogP) is 2.26. The van der Waals surface area contributed by atoms with Crippen LogP contribution in [0.25, 0.3) is 0 Å². The van der Waals surface area contributed by atoms with Crippen molar-refractivity contribution in [1.29, 1.82) is 0 Å². The van der Waals surface area contributed by atoms with Gasteiger partial charge in [-0.1, -0.05) is 19.1 Å². The molecule has 8 heteroatoms. The molecule has 1 aliphatic rings. The average Bonchev–Trinajstić information content (AvgIpc) is 2.67. The minimum atomic E-state index is -3.00. The molecule has 150 valence electrons. The summed E-state index contributed by atoms with van der Waals surface area (Å²) in [6.45, 7) is 1.98. The summed E-state index contributed by atoms with van der Waals surface area (Å²) in [5, 5.41) is 6.09. The number of hydrogen-bond donors (Lipinski definition) is 2. The summed E-state index contributed by atoms with van der Waals surface area (Å²) in [5.74, 6) is -0.917. The predicted molar refractivity (Wildman–Crippen MR) is 97.9 cm³/mol. The Labute approximate surface area is 158 Å². The van der Waals surface area contributed by atoms with Crippen LogP contribution in [0.5, 0.6) is 5.75 Å². The normalized spacial score (nSPS) is 17.0. The van der Waals surface area contributed by atoms with Gasteiger partial charge in [0.15, 0.2) is 0 Å². The van der Waals surface area contributed by atoms with Gasteiger partial charge in [0.25, 0.3) is 5.91 Å². The van der Waals surface area contributed by atoms with Crippen LogP contribution >= 0.6 is 0 Å². The second kappa shape index (κ2) is 10.8. The van der Waals surface area contributed by atoms with Crippen molar-refractivity contribution in [3.63, 3.8) is 0 Å². The summed E-state index contributed by atoms with van der Waals surface area (Å²) in [7, 11) is 0. The van der Waals surface area contributed by atoms with Crippen molar-refractivity contribution in [2.75, 3.05) is 32.7 Å². The van der Waals surface area contributed by atoms with Crippen LogP contribution in [-0.4, -0.2) is 56.0 Å². The van der Waals surface area contributed by atoms with E-state index in [2.05, 4.69) is 22.3 Å². The highest BCUT2D eigenvalue weighted by Gasteiger charge is 2.30. The summed E-state index contributed by atoms with van der Waals surface area (Å²) in [6, 6.07) is 5.94. The topological polar surface area (TPSA) is 70.7 Å². The molecular formula is C19H27F2N3O3. The minimum absolute atomic E-state index is 0.0806. The van der Waals surface area contributed by atoms with E-state index in [1.54, 1.807) is 6.07 Å². The number of hydrogen-bond acceptors (Lipinski definition) is 4. The fourth-order valence-corrected chi connectivity index (χ4v) is 3.11. The van der Waals surface area contributed by atoms with Gasteiger partial charge >= 0.3 is 6.61 Å². The third-order valence-corrected chi connectivity index (χ3v) is 4.44. The number of rotatable bonds is 9. The van der Waals surface area contributed by atoms with Gasteiger partial charge in [-0.15, -0.1) is 0 Å². The first-order valence-electron chi connectivity index (χ1n) is 9.34. The second-order valence-electron chi connectivity index (χ2n) is 6.51. The Bertz CT molecular complexity index is 628. The van der Waals surface area contributed by atoms with Crippen molar-refractivity contribution in [1.82, 2.24) is 15.5 Å². The lowest BCUT2D eigenvalue weighted by Crippen LogP contribution is -2.46. The number of nitrogens with zero attached hydrogens (tertiary/aromatic N) is 1. The van der Waals surface area contributed by atoms with Crippen LogP contribution in [0.3, 0.4) is 0 Å². The van der Waals surface area contributed by atoms with Crippen LogP contribution < -0.4 is 15.4 Å². The number of nitrogens with one attached hydrogen (secondary N) is 2. The standard InChI is InChI=1S/C19H27F2N3O3/c1-2-9-22-10-11-23-17(25)14-6-5-12-24(13-14)18(26)15-7-3-4-8-16(15)27-19(20)21/h3-4,7-8,14,19,22H,2,5-6,9-13H2,1H3,(H,23,25). The molecule has 1 fully saturated rings. The fraction of sp³-hybridized carbons (Fsp3) is 0.579. The number of para-hydroxylation sites is 1. The van der Waals surface area contributed by atoms with Gasteiger partial charge < -0.3 is 20.3 Å². The molecule has 0 aromatic heterocycles. The maximum Gasteiger partial charge on any atom is 0.387 e. The summed E-state index contributed by atoms with van der Waals surface area (Å²) in [4.78, 5) is 26.6. The Hall–Kier alpha value is -2.22. The van der Waals surface area contributed by atoms with Gasteiger partial charge in [0, 0.05) is 26.2 Å². The molecule has 1 saturated heterocycles. The minimum Gasteiger partial charge on any atom is -0.434 e. The first-order valence-corrected chi connectivity index (χ1v) is 9.34. The molecule has 1 unspecified atom stereocenters. The van der Waals surface area contributed by atoms with Crippen LogP contribution in [0, 0.1) is 5.92 Å². The van der Waals surface area contributed by atoms with Crippen molar-refractivity contribution >= 4 is 11.8 Å². The first-order chi connectivity index (χ1) is 13.0. The highest BCUT2D eigenvalue weighted by molar-refractivity contribution is 5.97. The molecule has 0 aliphatic carbocycles. The Morgan fingerprint density at radius 1 is 1.26 bits per heavy atom. The van der Waals surface area contributed by atoms with E-state index >= 15 is 0 Å². The molecule has 27 heavy (non-hydrogen) atoms. The first kappa shape index (κ1) is 21.1. The number of benzene rings is 1. The van der Waals surface area contributed by atoms with E-state index in [0.29, 0.717) is 32.5 Å². The average molecular weight is 383 g/mol. The van der Waals surface area contributed by atoms with E-state index in [1.807, 2.05) is 0 Å². The second-order valence-corrected chi connectivity index (χ2v) is 6.51. The SMILES string of the molecule is CCCNCCNC(=O)C1CCCN(C(=O)c2ccccc2OC(F)F)C1. The molecular weight excluding hydrogens is 356 g/mol. The number of alkyl halides is 2. The molecule has 2 rings (SSSR count).